The number of rotatable bonds is 3. The van der Waals surface area contributed by atoms with Gasteiger partial charge in [-0.2, -0.15) is 0 Å². The second kappa shape index (κ2) is 6.46. The molecule has 6 nitrogen and oxygen atoms in total. The highest BCUT2D eigenvalue weighted by Crippen LogP contribution is 2.38. The first-order valence-electron chi connectivity index (χ1n) is 8.56. The lowest BCUT2D eigenvalue weighted by molar-refractivity contribution is 0.163. The zero-order valence-electron chi connectivity index (χ0n) is 13.7. The Morgan fingerprint density at radius 1 is 1.24 bits per heavy atom. The first-order chi connectivity index (χ1) is 12.0. The summed E-state index contributed by atoms with van der Waals surface area (Å²) in [6.45, 7) is 3.35. The van der Waals surface area contributed by atoms with Gasteiger partial charge >= 0.3 is 6.09 Å². The van der Waals surface area contributed by atoms with Gasteiger partial charge in [0.25, 0.3) is 5.56 Å². The third kappa shape index (κ3) is 3.06. The lowest BCUT2D eigenvalue weighted by atomic mass is 9.97. The van der Waals surface area contributed by atoms with Gasteiger partial charge in [0.05, 0.1) is 5.52 Å². The molecular formula is C18H20BrN3O3. The van der Waals surface area contributed by atoms with Crippen molar-refractivity contribution in [3.63, 3.8) is 0 Å². The number of carbonyl (C=O) groups is 1. The fourth-order valence-corrected chi connectivity index (χ4v) is 4.82. The predicted octanol–water partition coefficient (Wildman–Crippen LogP) is 2.59. The second-order valence-corrected chi connectivity index (χ2v) is 7.76. The van der Waals surface area contributed by atoms with Gasteiger partial charge in [0.2, 0.25) is 0 Å². The molecule has 2 aromatic rings. The van der Waals surface area contributed by atoms with E-state index in [-0.39, 0.29) is 17.5 Å². The summed E-state index contributed by atoms with van der Waals surface area (Å²) in [6, 6.07) is 7.70. The lowest BCUT2D eigenvalue weighted by Gasteiger charge is -2.33. The fraction of sp³-hybridized carbons (Fsp3) is 0.444. The van der Waals surface area contributed by atoms with Crippen LogP contribution in [0.25, 0.3) is 10.9 Å². The zero-order valence-corrected chi connectivity index (χ0v) is 15.3. The first kappa shape index (κ1) is 16.6. The van der Waals surface area contributed by atoms with Crippen molar-refractivity contribution in [3.8, 4) is 0 Å². The van der Waals surface area contributed by atoms with Crippen LogP contribution in [0.3, 0.4) is 0 Å². The molecule has 2 N–H and O–H groups in total. The van der Waals surface area contributed by atoms with Crippen LogP contribution in [0.1, 0.15) is 24.3 Å². The summed E-state index contributed by atoms with van der Waals surface area (Å²) in [5.41, 5.74) is 2.33. The Morgan fingerprint density at radius 3 is 2.68 bits per heavy atom. The van der Waals surface area contributed by atoms with Crippen molar-refractivity contribution in [1.29, 1.82) is 0 Å². The summed E-state index contributed by atoms with van der Waals surface area (Å²) >= 11 is 3.67. The molecule has 2 aliphatic rings. The monoisotopic (exact) mass is 405 g/mol. The molecule has 0 bridgehead atoms. The van der Waals surface area contributed by atoms with Crippen LogP contribution in [0.2, 0.25) is 0 Å². The Kier molecular flexibility index (Phi) is 4.29. The average molecular weight is 406 g/mol. The molecule has 3 heterocycles. The molecule has 0 spiro atoms. The highest BCUT2D eigenvalue weighted by atomic mass is 79.9. The minimum Gasteiger partial charge on any atom is -0.465 e. The number of aromatic nitrogens is 1. The fourth-order valence-electron chi connectivity index (χ4n) is 4.17. The maximum absolute atomic E-state index is 12.3. The zero-order chi connectivity index (χ0) is 17.6. The van der Waals surface area contributed by atoms with Gasteiger partial charge in [0.1, 0.15) is 0 Å². The van der Waals surface area contributed by atoms with E-state index < -0.39 is 6.09 Å². The SMILES string of the molecule is O=C(O)NC1CCN(CC2Cn3c(=O)ccc4ccc(Br)c2c43)CC1. The van der Waals surface area contributed by atoms with Gasteiger partial charge < -0.3 is 19.9 Å². The van der Waals surface area contributed by atoms with Crippen molar-refractivity contribution < 1.29 is 9.90 Å². The predicted molar refractivity (Wildman–Crippen MR) is 99.3 cm³/mol. The topological polar surface area (TPSA) is 74.6 Å². The van der Waals surface area contributed by atoms with Gasteiger partial charge in [-0.25, -0.2) is 4.79 Å². The van der Waals surface area contributed by atoms with E-state index in [2.05, 4.69) is 32.2 Å². The lowest BCUT2D eigenvalue weighted by Crippen LogP contribution is -2.45. The van der Waals surface area contributed by atoms with E-state index in [1.165, 1.54) is 5.56 Å². The summed E-state index contributed by atoms with van der Waals surface area (Å²) in [6.07, 6.45) is 0.717. The molecule has 25 heavy (non-hydrogen) atoms. The molecule has 0 aliphatic carbocycles. The molecule has 7 heteroatoms. The van der Waals surface area contributed by atoms with E-state index in [9.17, 15) is 9.59 Å². The number of benzene rings is 1. The largest absolute Gasteiger partial charge is 0.465 e. The van der Waals surface area contributed by atoms with E-state index in [1.54, 1.807) is 6.07 Å². The number of nitrogens with zero attached hydrogens (tertiary/aromatic N) is 2. The highest BCUT2D eigenvalue weighted by Gasteiger charge is 2.30. The van der Waals surface area contributed by atoms with Crippen molar-refractivity contribution in [2.45, 2.75) is 31.3 Å². The number of nitrogens with one attached hydrogen (secondary N) is 1. The molecule has 1 unspecified atom stereocenters. The molecule has 1 aromatic carbocycles. The van der Waals surface area contributed by atoms with Gasteiger partial charge in [-0.3, -0.25) is 4.79 Å². The van der Waals surface area contributed by atoms with Crippen molar-refractivity contribution in [2.24, 2.45) is 0 Å². The molecule has 1 saturated heterocycles. The molecule has 1 fully saturated rings. The number of halogens is 1. The number of pyridine rings is 1. The van der Waals surface area contributed by atoms with Gasteiger partial charge in [0.15, 0.2) is 0 Å². The van der Waals surface area contributed by atoms with Crippen LogP contribution in [0, 0.1) is 0 Å². The van der Waals surface area contributed by atoms with Crippen molar-refractivity contribution >= 4 is 32.9 Å². The highest BCUT2D eigenvalue weighted by molar-refractivity contribution is 9.10. The van der Waals surface area contributed by atoms with Crippen LogP contribution in [-0.4, -0.2) is 46.3 Å². The number of amides is 1. The van der Waals surface area contributed by atoms with Crippen LogP contribution in [0.4, 0.5) is 4.79 Å². The second-order valence-electron chi connectivity index (χ2n) is 6.90. The average Bonchev–Trinajstić information content (AvgIpc) is 2.96. The molecule has 132 valence electrons. The number of hydrogen-bond donors (Lipinski definition) is 2. The Labute approximate surface area is 153 Å². The summed E-state index contributed by atoms with van der Waals surface area (Å²) < 4.78 is 2.95. The molecule has 0 radical (unpaired) electrons. The standard InChI is InChI=1S/C18H20BrN3O3/c19-14-3-1-11-2-4-15(23)22-10-12(16(14)17(11)22)9-21-7-5-13(6-8-21)20-18(24)25/h1-4,12-13,20H,5-10H2,(H,24,25). The molecule has 1 atom stereocenters. The van der Waals surface area contributed by atoms with Crippen molar-refractivity contribution in [2.75, 3.05) is 19.6 Å². The summed E-state index contributed by atoms with van der Waals surface area (Å²) in [4.78, 5) is 25.4. The Morgan fingerprint density at radius 2 is 1.96 bits per heavy atom. The minimum absolute atomic E-state index is 0.0484. The molecule has 4 rings (SSSR count). The van der Waals surface area contributed by atoms with Gasteiger partial charge in [-0.05, 0) is 35.9 Å². The van der Waals surface area contributed by atoms with E-state index in [4.69, 9.17) is 5.11 Å². The van der Waals surface area contributed by atoms with Crippen LogP contribution >= 0.6 is 15.9 Å². The maximum atomic E-state index is 12.3. The van der Waals surface area contributed by atoms with Crippen molar-refractivity contribution in [3.05, 3.63) is 44.7 Å². The maximum Gasteiger partial charge on any atom is 0.404 e. The minimum atomic E-state index is -0.945. The molecule has 1 amide bonds. The van der Waals surface area contributed by atoms with Crippen LogP contribution in [0.5, 0.6) is 0 Å². The summed E-state index contributed by atoms with van der Waals surface area (Å²) in [5, 5.41) is 12.5. The Bertz CT molecular complexity index is 887. The van der Waals surface area contributed by atoms with E-state index >= 15 is 0 Å². The molecular weight excluding hydrogens is 386 g/mol. The number of hydrogen-bond acceptors (Lipinski definition) is 3. The number of piperidine rings is 1. The number of likely N-dealkylation sites (tertiary alicyclic amines) is 1. The smallest absolute Gasteiger partial charge is 0.404 e. The summed E-state index contributed by atoms with van der Waals surface area (Å²) in [5.74, 6) is 0.275. The van der Waals surface area contributed by atoms with Crippen LogP contribution in [-0.2, 0) is 6.54 Å². The molecule has 2 aliphatic heterocycles. The Hall–Kier alpha value is -1.86. The summed E-state index contributed by atoms with van der Waals surface area (Å²) in [7, 11) is 0. The quantitative estimate of drug-likeness (QED) is 0.822. The number of carboxylic acid groups (broad SMARTS) is 1. The van der Waals surface area contributed by atoms with E-state index in [1.807, 2.05) is 16.7 Å². The Balaban J connectivity index is 1.53. The van der Waals surface area contributed by atoms with Gasteiger partial charge in [-0.15, -0.1) is 0 Å². The normalized spacial score (nSPS) is 20.9. The van der Waals surface area contributed by atoms with Crippen LogP contribution < -0.4 is 10.9 Å². The van der Waals surface area contributed by atoms with Gasteiger partial charge in [-0.1, -0.05) is 22.0 Å². The van der Waals surface area contributed by atoms with Crippen molar-refractivity contribution in [1.82, 2.24) is 14.8 Å². The third-order valence-corrected chi connectivity index (χ3v) is 6.03. The van der Waals surface area contributed by atoms with Crippen LogP contribution in [0.15, 0.2) is 33.5 Å². The third-order valence-electron chi connectivity index (χ3n) is 5.34. The van der Waals surface area contributed by atoms with Gasteiger partial charge in [0, 0.05) is 48.7 Å². The molecule has 0 saturated carbocycles. The first-order valence-corrected chi connectivity index (χ1v) is 9.36. The van der Waals surface area contributed by atoms with E-state index in [0.717, 1.165) is 47.9 Å². The van der Waals surface area contributed by atoms with E-state index in [0.29, 0.717) is 6.54 Å². The molecule has 1 aromatic heterocycles.